The van der Waals surface area contributed by atoms with Crippen LogP contribution in [0.4, 0.5) is 5.95 Å². The Balaban J connectivity index is 2.13. The summed E-state index contributed by atoms with van der Waals surface area (Å²) in [5.74, 6) is 0.766. The number of rotatable bonds is 1. The van der Waals surface area contributed by atoms with Crippen molar-refractivity contribution in [3.63, 3.8) is 0 Å². The van der Waals surface area contributed by atoms with Crippen LogP contribution >= 0.6 is 11.6 Å². The molecule has 1 aliphatic rings. The molecule has 2 aromatic rings. The van der Waals surface area contributed by atoms with Crippen LogP contribution in [0.5, 0.6) is 0 Å². The maximum Gasteiger partial charge on any atom is 0.205 e. The van der Waals surface area contributed by atoms with E-state index in [0.29, 0.717) is 10.5 Å². The third-order valence-corrected chi connectivity index (χ3v) is 3.06. The Kier molecular flexibility index (Phi) is 2.37. The number of hydrogen-bond acceptors (Lipinski definition) is 3. The molecule has 0 saturated heterocycles. The molecule has 4 nitrogen and oxygen atoms in total. The maximum absolute atomic E-state index is 7.94. The van der Waals surface area contributed by atoms with Gasteiger partial charge in [0.2, 0.25) is 5.95 Å². The molecular formula is C12H11ClN4. The van der Waals surface area contributed by atoms with E-state index in [-0.39, 0.29) is 0 Å². The molecule has 1 aromatic carbocycles. The summed E-state index contributed by atoms with van der Waals surface area (Å²) < 4.78 is 1.86. The van der Waals surface area contributed by atoms with Gasteiger partial charge in [-0.1, -0.05) is 23.7 Å². The van der Waals surface area contributed by atoms with Gasteiger partial charge in [-0.3, -0.25) is 9.98 Å². The number of nitrogens with zero attached hydrogens (tertiary/aromatic N) is 2. The molecule has 17 heavy (non-hydrogen) atoms. The minimum absolute atomic E-state index is 0.477. The predicted molar refractivity (Wildman–Crippen MR) is 67.0 cm³/mol. The van der Waals surface area contributed by atoms with Crippen molar-refractivity contribution in [2.24, 2.45) is 0 Å². The highest BCUT2D eigenvalue weighted by molar-refractivity contribution is 6.30. The first-order valence-corrected chi connectivity index (χ1v) is 5.78. The van der Waals surface area contributed by atoms with Gasteiger partial charge in [0.05, 0.1) is 5.69 Å². The van der Waals surface area contributed by atoms with Crippen LogP contribution in [0.2, 0.25) is 5.02 Å². The molecule has 0 fully saturated rings. The molecule has 0 amide bonds. The molecule has 1 aromatic heterocycles. The van der Waals surface area contributed by atoms with E-state index in [1.54, 1.807) is 6.07 Å². The van der Waals surface area contributed by atoms with Crippen molar-refractivity contribution in [1.29, 1.82) is 5.41 Å². The first-order valence-electron chi connectivity index (χ1n) is 5.40. The molecule has 0 atom stereocenters. The fourth-order valence-corrected chi connectivity index (χ4v) is 2.06. The second kappa shape index (κ2) is 3.89. The van der Waals surface area contributed by atoms with Gasteiger partial charge >= 0.3 is 0 Å². The van der Waals surface area contributed by atoms with E-state index in [0.717, 1.165) is 30.3 Å². The van der Waals surface area contributed by atoms with E-state index >= 15 is 0 Å². The first-order chi connectivity index (χ1) is 8.24. The van der Waals surface area contributed by atoms with Crippen LogP contribution in [-0.4, -0.2) is 16.1 Å². The van der Waals surface area contributed by atoms with E-state index in [1.165, 1.54) is 0 Å². The lowest BCUT2D eigenvalue weighted by atomic mass is 10.1. The summed E-state index contributed by atoms with van der Waals surface area (Å²) in [7, 11) is 0. The summed E-state index contributed by atoms with van der Waals surface area (Å²) in [4.78, 5) is 4.50. The van der Waals surface area contributed by atoms with Crippen molar-refractivity contribution in [3.05, 3.63) is 40.8 Å². The number of hydrogen-bond donors (Lipinski definition) is 2. The lowest BCUT2D eigenvalue weighted by Crippen LogP contribution is -2.18. The van der Waals surface area contributed by atoms with Gasteiger partial charge in [0.1, 0.15) is 5.49 Å². The van der Waals surface area contributed by atoms with Crippen molar-refractivity contribution < 1.29 is 0 Å². The zero-order valence-corrected chi connectivity index (χ0v) is 9.83. The van der Waals surface area contributed by atoms with E-state index in [9.17, 15) is 0 Å². The van der Waals surface area contributed by atoms with Crippen molar-refractivity contribution in [1.82, 2.24) is 9.55 Å². The number of fused-ring (bicyclic) bond motifs is 1. The fourth-order valence-electron chi connectivity index (χ4n) is 1.94. The van der Waals surface area contributed by atoms with Crippen LogP contribution in [0.3, 0.4) is 0 Å². The first kappa shape index (κ1) is 10.4. The monoisotopic (exact) mass is 246 g/mol. The Morgan fingerprint density at radius 2 is 2.06 bits per heavy atom. The SMILES string of the molecule is N=c1cc(-c2ccc(Cl)cc2)nc2n1CCN2. The van der Waals surface area contributed by atoms with Crippen molar-refractivity contribution in [3.8, 4) is 11.3 Å². The molecule has 0 aliphatic carbocycles. The molecule has 2 heterocycles. The van der Waals surface area contributed by atoms with Crippen LogP contribution in [0.25, 0.3) is 11.3 Å². The average molecular weight is 247 g/mol. The standard InChI is InChI=1S/C12H11ClN4/c13-9-3-1-8(2-4-9)10-7-11(14)17-6-5-15-12(17)16-10/h1-4,7,14H,5-6H2,(H,15,16). The maximum atomic E-state index is 7.94. The molecule has 0 radical (unpaired) electrons. The largest absolute Gasteiger partial charge is 0.354 e. The summed E-state index contributed by atoms with van der Waals surface area (Å²) in [6.45, 7) is 1.64. The van der Waals surface area contributed by atoms with Gasteiger partial charge in [-0.05, 0) is 12.1 Å². The number of nitrogens with one attached hydrogen (secondary N) is 2. The molecule has 5 heteroatoms. The zero-order valence-electron chi connectivity index (χ0n) is 9.07. The highest BCUT2D eigenvalue weighted by Gasteiger charge is 2.12. The van der Waals surface area contributed by atoms with Crippen molar-refractivity contribution in [2.45, 2.75) is 6.54 Å². The summed E-state index contributed by atoms with van der Waals surface area (Å²) >= 11 is 5.85. The lowest BCUT2D eigenvalue weighted by molar-refractivity contribution is 0.735. The zero-order chi connectivity index (χ0) is 11.8. The smallest absolute Gasteiger partial charge is 0.205 e. The van der Waals surface area contributed by atoms with Gasteiger partial charge in [-0.25, -0.2) is 4.98 Å². The predicted octanol–water partition coefficient (Wildman–Crippen LogP) is 2.11. The number of benzene rings is 1. The molecule has 0 unspecified atom stereocenters. The Morgan fingerprint density at radius 3 is 2.82 bits per heavy atom. The van der Waals surface area contributed by atoms with Gasteiger partial charge in [0, 0.05) is 29.7 Å². The van der Waals surface area contributed by atoms with E-state index < -0.39 is 0 Å². The Bertz CT molecular complexity index is 615. The van der Waals surface area contributed by atoms with Gasteiger partial charge in [-0.15, -0.1) is 0 Å². The van der Waals surface area contributed by atoms with Crippen LogP contribution in [-0.2, 0) is 6.54 Å². The molecule has 0 bridgehead atoms. The van der Waals surface area contributed by atoms with Crippen molar-refractivity contribution >= 4 is 17.5 Å². The molecule has 0 spiro atoms. The number of aromatic nitrogens is 2. The summed E-state index contributed by atoms with van der Waals surface area (Å²) in [6.07, 6.45) is 0. The minimum Gasteiger partial charge on any atom is -0.354 e. The highest BCUT2D eigenvalue weighted by atomic mass is 35.5. The van der Waals surface area contributed by atoms with Crippen molar-refractivity contribution in [2.75, 3.05) is 11.9 Å². The van der Waals surface area contributed by atoms with Gasteiger partial charge < -0.3 is 5.32 Å². The quantitative estimate of drug-likeness (QED) is 0.810. The Hall–Kier alpha value is -1.81. The van der Waals surface area contributed by atoms with Gasteiger partial charge in [0.25, 0.3) is 0 Å². The van der Waals surface area contributed by atoms with Gasteiger partial charge in [0.15, 0.2) is 0 Å². The fraction of sp³-hybridized carbons (Fsp3) is 0.167. The summed E-state index contributed by atoms with van der Waals surface area (Å²) in [6, 6.07) is 9.26. The molecule has 0 saturated carbocycles. The lowest BCUT2D eigenvalue weighted by Gasteiger charge is -2.06. The average Bonchev–Trinajstić information content (AvgIpc) is 2.78. The second-order valence-corrected chi connectivity index (χ2v) is 4.37. The Labute approximate surface area is 103 Å². The van der Waals surface area contributed by atoms with Crippen LogP contribution < -0.4 is 10.8 Å². The van der Waals surface area contributed by atoms with Gasteiger partial charge in [-0.2, -0.15) is 0 Å². The second-order valence-electron chi connectivity index (χ2n) is 3.94. The summed E-state index contributed by atoms with van der Waals surface area (Å²) in [5.41, 5.74) is 2.25. The topological polar surface area (TPSA) is 53.7 Å². The summed E-state index contributed by atoms with van der Waals surface area (Å²) in [5, 5.41) is 11.8. The van der Waals surface area contributed by atoms with E-state index in [2.05, 4.69) is 10.3 Å². The van der Waals surface area contributed by atoms with Crippen LogP contribution in [0, 0.1) is 5.41 Å². The molecule has 1 aliphatic heterocycles. The molecule has 3 rings (SSSR count). The van der Waals surface area contributed by atoms with E-state index in [1.807, 2.05) is 28.8 Å². The third kappa shape index (κ3) is 1.80. The van der Waals surface area contributed by atoms with Crippen LogP contribution in [0.1, 0.15) is 0 Å². The third-order valence-electron chi connectivity index (χ3n) is 2.80. The number of anilines is 1. The molecule has 2 N–H and O–H groups in total. The highest BCUT2D eigenvalue weighted by Crippen LogP contribution is 2.20. The van der Waals surface area contributed by atoms with Crippen LogP contribution in [0.15, 0.2) is 30.3 Å². The number of halogens is 1. The Morgan fingerprint density at radius 1 is 1.29 bits per heavy atom. The van der Waals surface area contributed by atoms with E-state index in [4.69, 9.17) is 17.0 Å². The normalized spacial score (nSPS) is 13.2. The molecule has 86 valence electrons. The molecular weight excluding hydrogens is 236 g/mol. The minimum atomic E-state index is 0.477.